The van der Waals surface area contributed by atoms with Gasteiger partial charge < -0.3 is 9.15 Å². The second-order valence-corrected chi connectivity index (χ2v) is 4.02. The number of para-hydroxylation sites is 1. The van der Waals surface area contributed by atoms with Gasteiger partial charge in [-0.2, -0.15) is 0 Å². The molecule has 0 unspecified atom stereocenters. The molecule has 0 saturated heterocycles. The molecule has 0 bridgehead atoms. The van der Waals surface area contributed by atoms with E-state index in [0.29, 0.717) is 5.76 Å². The number of fused-ring (bicyclic) bond motifs is 1. The quantitative estimate of drug-likeness (QED) is 0.536. The van der Waals surface area contributed by atoms with Crippen LogP contribution < -0.4 is 0 Å². The summed E-state index contributed by atoms with van der Waals surface area (Å²) < 4.78 is 11.7. The Bertz CT molecular complexity index is 744. The van der Waals surface area contributed by atoms with Crippen LogP contribution in [0.4, 0.5) is 0 Å². The van der Waals surface area contributed by atoms with Gasteiger partial charge >= 0.3 is 5.97 Å². The number of carbonyl (C=O) groups is 1. The number of hydrogen-bond donors (Lipinski definition) is 0. The first-order valence-electron chi connectivity index (χ1n) is 5.99. The molecule has 0 radical (unpaired) electrons. The maximum absolute atomic E-state index is 11.6. The van der Waals surface area contributed by atoms with E-state index < -0.39 is 5.97 Å². The van der Waals surface area contributed by atoms with E-state index in [9.17, 15) is 4.79 Å². The molecule has 3 aromatic rings. The number of furan rings is 1. The maximum Gasteiger partial charge on any atom is 0.332 e. The molecule has 0 aliphatic rings. The Labute approximate surface area is 114 Å². The van der Waals surface area contributed by atoms with E-state index in [1.165, 1.54) is 17.0 Å². The maximum atomic E-state index is 11.6. The summed E-state index contributed by atoms with van der Waals surface area (Å²) in [6, 6.07) is 10.9. The van der Waals surface area contributed by atoms with Crippen LogP contribution in [-0.2, 0) is 16.3 Å². The van der Waals surface area contributed by atoms with Crippen molar-refractivity contribution in [3.05, 3.63) is 54.5 Å². The first-order valence-corrected chi connectivity index (χ1v) is 5.99. The molecule has 0 saturated carbocycles. The van der Waals surface area contributed by atoms with Gasteiger partial charge in [-0.1, -0.05) is 17.3 Å². The number of aromatic nitrogens is 3. The van der Waals surface area contributed by atoms with E-state index in [4.69, 9.17) is 9.15 Å². The molecule has 3 rings (SSSR count). The minimum atomic E-state index is -0.471. The van der Waals surface area contributed by atoms with E-state index in [1.807, 2.05) is 24.3 Å². The molecule has 6 nitrogen and oxygen atoms in total. The van der Waals surface area contributed by atoms with Crippen molar-refractivity contribution in [2.45, 2.75) is 6.73 Å². The molecule has 0 fully saturated rings. The highest BCUT2D eigenvalue weighted by atomic mass is 16.5. The topological polar surface area (TPSA) is 70.2 Å². The fourth-order valence-electron chi connectivity index (χ4n) is 1.72. The number of esters is 1. The van der Waals surface area contributed by atoms with Crippen LogP contribution in [0.25, 0.3) is 17.1 Å². The molecule has 0 spiro atoms. The Balaban J connectivity index is 1.63. The molecule has 0 amide bonds. The standard InChI is InChI=1S/C14H11N3O3/c18-14(8-7-11-4-3-9-19-11)20-10-17-13-6-2-1-5-12(13)15-16-17/h1-9H,10H2. The van der Waals surface area contributed by atoms with E-state index in [0.717, 1.165) is 11.0 Å². The van der Waals surface area contributed by atoms with Crippen molar-refractivity contribution in [2.24, 2.45) is 0 Å². The zero-order chi connectivity index (χ0) is 13.8. The van der Waals surface area contributed by atoms with Gasteiger partial charge in [0.1, 0.15) is 11.3 Å². The highest BCUT2D eigenvalue weighted by Crippen LogP contribution is 2.09. The molecule has 0 aliphatic carbocycles. The Morgan fingerprint density at radius 3 is 3.05 bits per heavy atom. The van der Waals surface area contributed by atoms with Gasteiger partial charge in [0.05, 0.1) is 11.8 Å². The predicted octanol–water partition coefficient (Wildman–Crippen LogP) is 2.24. The van der Waals surface area contributed by atoms with Gasteiger partial charge in [-0.3, -0.25) is 0 Å². The van der Waals surface area contributed by atoms with Gasteiger partial charge in [-0.25, -0.2) is 9.48 Å². The Morgan fingerprint density at radius 1 is 1.30 bits per heavy atom. The summed E-state index contributed by atoms with van der Waals surface area (Å²) in [7, 11) is 0. The number of carbonyl (C=O) groups excluding carboxylic acids is 1. The molecule has 2 heterocycles. The van der Waals surface area contributed by atoms with Gasteiger partial charge in [0.15, 0.2) is 6.73 Å². The minimum Gasteiger partial charge on any atom is -0.465 e. The van der Waals surface area contributed by atoms with Crippen LogP contribution in [0.5, 0.6) is 0 Å². The zero-order valence-electron chi connectivity index (χ0n) is 10.5. The lowest BCUT2D eigenvalue weighted by atomic mass is 10.3. The third-order valence-electron chi connectivity index (χ3n) is 2.68. The summed E-state index contributed by atoms with van der Waals surface area (Å²) in [5.74, 6) is 0.120. The summed E-state index contributed by atoms with van der Waals surface area (Å²) in [6.45, 7) is 0.0157. The normalized spacial score (nSPS) is 11.2. The number of nitrogens with zero attached hydrogens (tertiary/aromatic N) is 3. The van der Waals surface area contributed by atoms with Crippen LogP contribution in [-0.4, -0.2) is 21.0 Å². The smallest absolute Gasteiger partial charge is 0.332 e. The Morgan fingerprint density at radius 2 is 2.20 bits per heavy atom. The average Bonchev–Trinajstić information content (AvgIpc) is 3.12. The predicted molar refractivity (Wildman–Crippen MR) is 71.4 cm³/mol. The van der Waals surface area contributed by atoms with E-state index in [1.54, 1.807) is 18.2 Å². The fraction of sp³-hybridized carbons (Fsp3) is 0.0714. The van der Waals surface area contributed by atoms with Crippen molar-refractivity contribution in [1.82, 2.24) is 15.0 Å². The summed E-state index contributed by atoms with van der Waals surface area (Å²) in [5, 5.41) is 7.90. The molecular weight excluding hydrogens is 258 g/mol. The SMILES string of the molecule is O=C(C=Cc1ccco1)OCn1nnc2ccccc21. The third-order valence-corrected chi connectivity index (χ3v) is 2.68. The molecule has 1 aromatic carbocycles. The van der Waals surface area contributed by atoms with Gasteiger partial charge in [-0.05, 0) is 30.3 Å². The van der Waals surface area contributed by atoms with Crippen molar-refractivity contribution < 1.29 is 13.9 Å². The van der Waals surface area contributed by atoms with Crippen molar-refractivity contribution in [2.75, 3.05) is 0 Å². The highest BCUT2D eigenvalue weighted by Gasteiger charge is 2.05. The third kappa shape index (κ3) is 2.59. The average molecular weight is 269 g/mol. The summed E-state index contributed by atoms with van der Waals surface area (Å²) >= 11 is 0. The lowest BCUT2D eigenvalue weighted by Crippen LogP contribution is -2.08. The molecule has 0 aliphatic heterocycles. The molecule has 20 heavy (non-hydrogen) atoms. The molecular formula is C14H11N3O3. The molecule has 0 atom stereocenters. The summed E-state index contributed by atoms with van der Waals surface area (Å²) in [6.07, 6.45) is 4.38. The summed E-state index contributed by atoms with van der Waals surface area (Å²) in [5.41, 5.74) is 1.57. The van der Waals surface area contributed by atoms with E-state index >= 15 is 0 Å². The van der Waals surface area contributed by atoms with Crippen LogP contribution >= 0.6 is 0 Å². The monoisotopic (exact) mass is 269 g/mol. The zero-order valence-corrected chi connectivity index (χ0v) is 10.5. The largest absolute Gasteiger partial charge is 0.465 e. The molecule has 2 aromatic heterocycles. The molecule has 6 heteroatoms. The second kappa shape index (κ2) is 5.40. The van der Waals surface area contributed by atoms with Gasteiger partial charge in [0, 0.05) is 6.08 Å². The van der Waals surface area contributed by atoms with Crippen LogP contribution in [0.15, 0.2) is 53.2 Å². The first kappa shape index (κ1) is 12.2. The van der Waals surface area contributed by atoms with Crippen molar-refractivity contribution >= 4 is 23.1 Å². The van der Waals surface area contributed by atoms with Crippen LogP contribution in [0.1, 0.15) is 5.76 Å². The molecule has 0 N–H and O–H groups in total. The van der Waals surface area contributed by atoms with E-state index in [2.05, 4.69) is 10.3 Å². The van der Waals surface area contributed by atoms with Gasteiger partial charge in [0.2, 0.25) is 0 Å². The Kier molecular flexibility index (Phi) is 3.28. The van der Waals surface area contributed by atoms with Crippen molar-refractivity contribution in [1.29, 1.82) is 0 Å². The highest BCUT2D eigenvalue weighted by molar-refractivity contribution is 5.86. The minimum absolute atomic E-state index is 0.0157. The fourth-order valence-corrected chi connectivity index (χ4v) is 1.72. The van der Waals surface area contributed by atoms with Gasteiger partial charge in [-0.15, -0.1) is 5.10 Å². The van der Waals surface area contributed by atoms with E-state index in [-0.39, 0.29) is 6.73 Å². The van der Waals surface area contributed by atoms with Crippen molar-refractivity contribution in [3.8, 4) is 0 Å². The van der Waals surface area contributed by atoms with Crippen molar-refractivity contribution in [3.63, 3.8) is 0 Å². The van der Waals surface area contributed by atoms with Crippen LogP contribution in [0.2, 0.25) is 0 Å². The molecule has 100 valence electrons. The first-order chi connectivity index (χ1) is 9.83. The number of benzene rings is 1. The number of rotatable bonds is 4. The second-order valence-electron chi connectivity index (χ2n) is 4.02. The lowest BCUT2D eigenvalue weighted by Gasteiger charge is -2.02. The number of hydrogen-bond acceptors (Lipinski definition) is 5. The van der Waals surface area contributed by atoms with Crippen LogP contribution in [0.3, 0.4) is 0 Å². The Hall–Kier alpha value is -2.89. The number of ether oxygens (including phenoxy) is 1. The van der Waals surface area contributed by atoms with Crippen LogP contribution in [0, 0.1) is 0 Å². The summed E-state index contributed by atoms with van der Waals surface area (Å²) in [4.78, 5) is 11.6. The lowest BCUT2D eigenvalue weighted by molar-refractivity contribution is -0.141. The van der Waals surface area contributed by atoms with Gasteiger partial charge in [0.25, 0.3) is 0 Å².